The molecule has 0 fully saturated rings. The van der Waals surface area contributed by atoms with Gasteiger partial charge in [-0.3, -0.25) is 4.79 Å². The van der Waals surface area contributed by atoms with Gasteiger partial charge in [-0.25, -0.2) is 4.39 Å². The van der Waals surface area contributed by atoms with Gasteiger partial charge in [-0.05, 0) is 48.6 Å². The predicted molar refractivity (Wildman–Crippen MR) is 76.8 cm³/mol. The van der Waals surface area contributed by atoms with Crippen LogP contribution in [-0.2, 0) is 11.2 Å². The van der Waals surface area contributed by atoms with E-state index >= 15 is 0 Å². The van der Waals surface area contributed by atoms with Gasteiger partial charge in [0, 0.05) is 17.9 Å². The molecule has 0 unspecified atom stereocenters. The van der Waals surface area contributed by atoms with Crippen molar-refractivity contribution >= 4 is 17.4 Å². The molecule has 0 saturated heterocycles. The number of ketones is 1. The standard InChI is InChI=1S/C15H21ClFNO/c1-15(2,7-8-18)6-5-13(19)10-11-9-12(16)3-4-14(11)17/h3-4,9H,5-8,10,18H2,1-2H3. The summed E-state index contributed by atoms with van der Waals surface area (Å²) in [6.07, 6.45) is 2.20. The topological polar surface area (TPSA) is 43.1 Å². The number of Topliss-reactive ketones (excluding diaryl/α,β-unsaturated/α-hetero) is 1. The molecule has 4 heteroatoms. The summed E-state index contributed by atoms with van der Waals surface area (Å²) in [6.45, 7) is 4.80. The summed E-state index contributed by atoms with van der Waals surface area (Å²) < 4.78 is 13.5. The van der Waals surface area contributed by atoms with Crippen LogP contribution in [0.4, 0.5) is 4.39 Å². The van der Waals surface area contributed by atoms with Crippen LogP contribution < -0.4 is 5.73 Å². The van der Waals surface area contributed by atoms with Crippen LogP contribution in [0.2, 0.25) is 5.02 Å². The minimum absolute atomic E-state index is 0.0336. The first-order valence-corrected chi connectivity index (χ1v) is 6.87. The van der Waals surface area contributed by atoms with Gasteiger partial charge in [0.25, 0.3) is 0 Å². The van der Waals surface area contributed by atoms with Crippen molar-refractivity contribution in [3.8, 4) is 0 Å². The largest absolute Gasteiger partial charge is 0.330 e. The summed E-state index contributed by atoms with van der Waals surface area (Å²) in [5, 5.41) is 0.452. The first kappa shape index (κ1) is 16.1. The van der Waals surface area contributed by atoms with E-state index in [1.807, 2.05) is 0 Å². The Hall–Kier alpha value is -0.930. The van der Waals surface area contributed by atoms with Crippen LogP contribution in [0.25, 0.3) is 0 Å². The number of carbonyl (C=O) groups is 1. The summed E-state index contributed by atoms with van der Waals surface area (Å²) in [5.74, 6) is -0.342. The summed E-state index contributed by atoms with van der Waals surface area (Å²) in [5.41, 5.74) is 5.95. The van der Waals surface area contributed by atoms with Crippen molar-refractivity contribution in [3.63, 3.8) is 0 Å². The van der Waals surface area contributed by atoms with Crippen molar-refractivity contribution in [2.45, 2.75) is 39.5 Å². The first-order chi connectivity index (χ1) is 8.84. The first-order valence-electron chi connectivity index (χ1n) is 6.50. The summed E-state index contributed by atoms with van der Waals surface area (Å²) in [7, 11) is 0. The van der Waals surface area contributed by atoms with Gasteiger partial charge in [0.15, 0.2) is 0 Å². The Kier molecular flexibility index (Phi) is 5.95. The smallest absolute Gasteiger partial charge is 0.137 e. The van der Waals surface area contributed by atoms with Crippen LogP contribution in [-0.4, -0.2) is 12.3 Å². The van der Waals surface area contributed by atoms with Crippen LogP contribution in [0.5, 0.6) is 0 Å². The lowest BCUT2D eigenvalue weighted by atomic mass is 9.83. The molecule has 0 aliphatic carbocycles. The number of hydrogen-bond donors (Lipinski definition) is 1. The maximum atomic E-state index is 13.5. The van der Waals surface area contributed by atoms with E-state index in [9.17, 15) is 9.18 Å². The van der Waals surface area contributed by atoms with Crippen LogP contribution >= 0.6 is 11.6 Å². The minimum atomic E-state index is -0.376. The molecule has 0 atom stereocenters. The molecule has 1 rings (SSSR count). The molecule has 2 N–H and O–H groups in total. The predicted octanol–water partition coefficient (Wildman–Crippen LogP) is 3.75. The Bertz CT molecular complexity index is 446. The van der Waals surface area contributed by atoms with Crippen LogP contribution in [0.15, 0.2) is 18.2 Å². The fourth-order valence-electron chi connectivity index (χ4n) is 1.97. The zero-order chi connectivity index (χ0) is 14.5. The molecule has 0 amide bonds. The van der Waals surface area contributed by atoms with E-state index in [0.717, 1.165) is 12.8 Å². The average Bonchev–Trinajstić information content (AvgIpc) is 2.31. The van der Waals surface area contributed by atoms with Crippen molar-refractivity contribution < 1.29 is 9.18 Å². The average molecular weight is 286 g/mol. The molecule has 106 valence electrons. The number of nitrogens with two attached hydrogens (primary N) is 1. The molecule has 1 aromatic carbocycles. The third kappa shape index (κ3) is 5.70. The zero-order valence-corrected chi connectivity index (χ0v) is 12.3. The van der Waals surface area contributed by atoms with Gasteiger partial charge >= 0.3 is 0 Å². The van der Waals surface area contributed by atoms with Crippen molar-refractivity contribution in [2.75, 3.05) is 6.54 Å². The molecule has 2 nitrogen and oxygen atoms in total. The van der Waals surface area contributed by atoms with Gasteiger partial charge < -0.3 is 5.73 Å². The molecule has 0 spiro atoms. The highest BCUT2D eigenvalue weighted by atomic mass is 35.5. The molecule has 0 saturated carbocycles. The van der Waals surface area contributed by atoms with Gasteiger partial charge in [-0.15, -0.1) is 0 Å². The van der Waals surface area contributed by atoms with Gasteiger partial charge in [0.2, 0.25) is 0 Å². The monoisotopic (exact) mass is 285 g/mol. The number of rotatable bonds is 7. The Balaban J connectivity index is 2.54. The van der Waals surface area contributed by atoms with E-state index in [2.05, 4.69) is 13.8 Å². The number of benzene rings is 1. The lowest BCUT2D eigenvalue weighted by molar-refractivity contribution is -0.119. The molecule has 19 heavy (non-hydrogen) atoms. The Labute approximate surface area is 119 Å². The molecule has 1 aromatic rings. The highest BCUT2D eigenvalue weighted by Gasteiger charge is 2.19. The van der Waals surface area contributed by atoms with Crippen molar-refractivity contribution in [1.82, 2.24) is 0 Å². The molecule has 0 aromatic heterocycles. The summed E-state index contributed by atoms with van der Waals surface area (Å²) >= 11 is 5.80. The molecule has 0 aliphatic rings. The highest BCUT2D eigenvalue weighted by Crippen LogP contribution is 2.26. The second kappa shape index (κ2) is 7.01. The van der Waals surface area contributed by atoms with E-state index in [-0.39, 0.29) is 23.4 Å². The van der Waals surface area contributed by atoms with E-state index in [0.29, 0.717) is 23.6 Å². The molecule has 0 heterocycles. The van der Waals surface area contributed by atoms with Gasteiger partial charge in [0.05, 0.1) is 0 Å². The van der Waals surface area contributed by atoms with Gasteiger partial charge in [-0.1, -0.05) is 25.4 Å². The second-order valence-electron chi connectivity index (χ2n) is 5.65. The summed E-state index contributed by atoms with van der Waals surface area (Å²) in [4.78, 5) is 11.9. The lowest BCUT2D eigenvalue weighted by Crippen LogP contribution is -2.19. The normalized spacial score (nSPS) is 11.6. The summed E-state index contributed by atoms with van der Waals surface area (Å²) in [6, 6.07) is 4.29. The van der Waals surface area contributed by atoms with Gasteiger partial charge in [0.1, 0.15) is 11.6 Å². The van der Waals surface area contributed by atoms with E-state index in [1.165, 1.54) is 18.2 Å². The quantitative estimate of drug-likeness (QED) is 0.829. The Morgan fingerprint density at radius 3 is 2.68 bits per heavy atom. The highest BCUT2D eigenvalue weighted by molar-refractivity contribution is 6.30. The van der Waals surface area contributed by atoms with E-state index < -0.39 is 0 Å². The Morgan fingerprint density at radius 2 is 2.05 bits per heavy atom. The maximum Gasteiger partial charge on any atom is 0.137 e. The number of halogens is 2. The second-order valence-corrected chi connectivity index (χ2v) is 6.09. The van der Waals surface area contributed by atoms with E-state index in [4.69, 9.17) is 17.3 Å². The van der Waals surface area contributed by atoms with Gasteiger partial charge in [-0.2, -0.15) is 0 Å². The van der Waals surface area contributed by atoms with Crippen LogP contribution in [0.3, 0.4) is 0 Å². The third-order valence-electron chi connectivity index (χ3n) is 3.30. The molecular formula is C15H21ClFNO. The SMILES string of the molecule is CC(C)(CCN)CCC(=O)Cc1cc(Cl)ccc1F. The third-order valence-corrected chi connectivity index (χ3v) is 3.53. The maximum absolute atomic E-state index is 13.5. The lowest BCUT2D eigenvalue weighted by Gasteiger charge is -2.23. The fourth-order valence-corrected chi connectivity index (χ4v) is 2.17. The molecule has 0 aliphatic heterocycles. The van der Waals surface area contributed by atoms with E-state index in [1.54, 1.807) is 0 Å². The van der Waals surface area contributed by atoms with Crippen LogP contribution in [0, 0.1) is 11.2 Å². The van der Waals surface area contributed by atoms with Crippen molar-refractivity contribution in [2.24, 2.45) is 11.1 Å². The minimum Gasteiger partial charge on any atom is -0.330 e. The van der Waals surface area contributed by atoms with Crippen molar-refractivity contribution in [1.29, 1.82) is 0 Å². The Morgan fingerprint density at radius 1 is 1.37 bits per heavy atom. The molecular weight excluding hydrogens is 265 g/mol. The fraction of sp³-hybridized carbons (Fsp3) is 0.533. The number of carbonyl (C=O) groups excluding carboxylic acids is 1. The number of hydrogen-bond acceptors (Lipinski definition) is 2. The zero-order valence-electron chi connectivity index (χ0n) is 11.5. The molecule has 0 radical (unpaired) electrons. The van der Waals surface area contributed by atoms with Crippen molar-refractivity contribution in [3.05, 3.63) is 34.6 Å². The van der Waals surface area contributed by atoms with Crippen LogP contribution in [0.1, 0.15) is 38.7 Å². The molecule has 0 bridgehead atoms.